The lowest BCUT2D eigenvalue weighted by molar-refractivity contribution is -0.389. The van der Waals surface area contributed by atoms with Gasteiger partial charge in [0.2, 0.25) is 5.91 Å². The van der Waals surface area contributed by atoms with Crippen LogP contribution in [0.2, 0.25) is 0 Å². The van der Waals surface area contributed by atoms with Crippen molar-refractivity contribution in [2.24, 2.45) is 0 Å². The van der Waals surface area contributed by atoms with E-state index >= 15 is 0 Å². The lowest BCUT2D eigenvalue weighted by atomic mass is 10.5. The molecule has 0 atom stereocenters. The van der Waals surface area contributed by atoms with Gasteiger partial charge in [-0.1, -0.05) is 0 Å². The summed E-state index contributed by atoms with van der Waals surface area (Å²) in [5.74, 6) is -0.513. The van der Waals surface area contributed by atoms with E-state index in [1.54, 1.807) is 7.11 Å². The zero-order valence-corrected chi connectivity index (χ0v) is 11.9. The van der Waals surface area contributed by atoms with Crippen molar-refractivity contribution in [3.8, 4) is 0 Å². The van der Waals surface area contributed by atoms with Crippen LogP contribution in [-0.2, 0) is 16.1 Å². The van der Waals surface area contributed by atoms with E-state index in [0.29, 0.717) is 19.7 Å². The predicted octanol–water partition coefficient (Wildman–Crippen LogP) is -0.435. The standard InChI is InChI=1S/C10H17N5O4.ClH/c1-19-7-5-11-3-4-12-10(16)8-14-6-2-9(13-14)15(17)18;/h2,6,11H,3-5,7-8H2,1H3,(H,12,16);1H. The second kappa shape index (κ2) is 10.1. The third kappa shape index (κ3) is 7.02. The molecule has 10 heteroatoms. The molecule has 0 aliphatic heterocycles. The van der Waals surface area contributed by atoms with Gasteiger partial charge in [0.05, 0.1) is 24.0 Å². The fourth-order valence-corrected chi connectivity index (χ4v) is 1.33. The van der Waals surface area contributed by atoms with Gasteiger partial charge in [-0.3, -0.25) is 4.79 Å². The first-order valence-electron chi connectivity index (χ1n) is 5.77. The van der Waals surface area contributed by atoms with Gasteiger partial charge in [-0.2, -0.15) is 4.68 Å². The average molecular weight is 308 g/mol. The molecule has 0 radical (unpaired) electrons. The molecule has 114 valence electrons. The van der Waals surface area contributed by atoms with E-state index in [4.69, 9.17) is 4.74 Å². The molecule has 0 unspecified atom stereocenters. The minimum absolute atomic E-state index is 0. The van der Waals surface area contributed by atoms with Crippen molar-refractivity contribution in [2.45, 2.75) is 6.54 Å². The molecule has 1 amide bonds. The van der Waals surface area contributed by atoms with Gasteiger partial charge >= 0.3 is 5.82 Å². The molecule has 9 nitrogen and oxygen atoms in total. The van der Waals surface area contributed by atoms with E-state index in [1.807, 2.05) is 0 Å². The third-order valence-corrected chi connectivity index (χ3v) is 2.23. The van der Waals surface area contributed by atoms with Crippen molar-refractivity contribution >= 4 is 24.1 Å². The summed E-state index contributed by atoms with van der Waals surface area (Å²) >= 11 is 0. The molecular weight excluding hydrogens is 290 g/mol. The van der Waals surface area contributed by atoms with Gasteiger partial charge in [0.1, 0.15) is 6.54 Å². The molecule has 2 N–H and O–H groups in total. The first kappa shape index (κ1) is 18.3. The number of nitro groups is 1. The summed E-state index contributed by atoms with van der Waals surface area (Å²) in [6, 6.07) is 1.25. The molecule has 20 heavy (non-hydrogen) atoms. The van der Waals surface area contributed by atoms with Gasteiger partial charge in [-0.05, 0) is 4.92 Å². The Morgan fingerprint density at radius 2 is 2.25 bits per heavy atom. The summed E-state index contributed by atoms with van der Waals surface area (Å²) in [6.45, 7) is 2.41. The quantitative estimate of drug-likeness (QED) is 0.364. The maximum absolute atomic E-state index is 11.5. The Morgan fingerprint density at radius 3 is 2.85 bits per heavy atom. The number of halogens is 1. The minimum atomic E-state index is -0.603. The molecule has 0 saturated heterocycles. The maximum Gasteiger partial charge on any atom is 0.389 e. The van der Waals surface area contributed by atoms with Crippen LogP contribution in [0.5, 0.6) is 0 Å². The zero-order valence-electron chi connectivity index (χ0n) is 11.1. The molecule has 0 aliphatic carbocycles. The molecular formula is C10H18ClN5O4. The van der Waals surface area contributed by atoms with Crippen LogP contribution in [0.25, 0.3) is 0 Å². The minimum Gasteiger partial charge on any atom is -0.383 e. The van der Waals surface area contributed by atoms with Crippen LogP contribution in [0.15, 0.2) is 12.3 Å². The number of carbonyl (C=O) groups excluding carboxylic acids is 1. The van der Waals surface area contributed by atoms with Crippen molar-refractivity contribution in [3.05, 3.63) is 22.4 Å². The zero-order chi connectivity index (χ0) is 14.1. The Balaban J connectivity index is 0.00000361. The van der Waals surface area contributed by atoms with E-state index in [-0.39, 0.29) is 30.7 Å². The Hall–Kier alpha value is -1.71. The Labute approximate surface area is 122 Å². The van der Waals surface area contributed by atoms with Crippen molar-refractivity contribution in [3.63, 3.8) is 0 Å². The second-order valence-corrected chi connectivity index (χ2v) is 3.72. The van der Waals surface area contributed by atoms with E-state index in [2.05, 4.69) is 15.7 Å². The summed E-state index contributed by atoms with van der Waals surface area (Å²) in [5, 5.41) is 19.8. The highest BCUT2D eigenvalue weighted by atomic mass is 35.5. The van der Waals surface area contributed by atoms with E-state index in [9.17, 15) is 14.9 Å². The molecule has 1 aromatic heterocycles. The van der Waals surface area contributed by atoms with Crippen LogP contribution < -0.4 is 10.6 Å². The molecule has 0 saturated carbocycles. The topological polar surface area (TPSA) is 111 Å². The molecule has 1 aromatic rings. The summed E-state index contributed by atoms with van der Waals surface area (Å²) in [4.78, 5) is 21.3. The van der Waals surface area contributed by atoms with Crippen LogP contribution in [0.1, 0.15) is 0 Å². The lowest BCUT2D eigenvalue weighted by Crippen LogP contribution is -2.34. The van der Waals surface area contributed by atoms with Gasteiger partial charge in [-0.15, -0.1) is 12.4 Å². The molecule has 0 aliphatic rings. The van der Waals surface area contributed by atoms with E-state index < -0.39 is 4.92 Å². The summed E-state index contributed by atoms with van der Waals surface area (Å²) < 4.78 is 6.08. The average Bonchev–Trinajstić information content (AvgIpc) is 2.82. The fourth-order valence-electron chi connectivity index (χ4n) is 1.33. The number of nitrogens with one attached hydrogen (secondary N) is 2. The van der Waals surface area contributed by atoms with Gasteiger partial charge in [0.15, 0.2) is 0 Å². The second-order valence-electron chi connectivity index (χ2n) is 3.72. The summed E-state index contributed by atoms with van der Waals surface area (Å²) in [5.41, 5.74) is 0. The van der Waals surface area contributed by atoms with Crippen LogP contribution >= 0.6 is 12.4 Å². The largest absolute Gasteiger partial charge is 0.389 e. The molecule has 0 spiro atoms. The number of carbonyl (C=O) groups is 1. The van der Waals surface area contributed by atoms with Gasteiger partial charge < -0.3 is 25.5 Å². The highest BCUT2D eigenvalue weighted by molar-refractivity contribution is 5.85. The molecule has 1 heterocycles. The monoisotopic (exact) mass is 307 g/mol. The Kier molecular flexibility index (Phi) is 9.26. The van der Waals surface area contributed by atoms with Gasteiger partial charge in [0, 0.05) is 26.7 Å². The van der Waals surface area contributed by atoms with Crippen LogP contribution in [0.3, 0.4) is 0 Å². The van der Waals surface area contributed by atoms with E-state index in [0.717, 1.165) is 6.54 Å². The first-order valence-corrected chi connectivity index (χ1v) is 5.77. The molecule has 0 fully saturated rings. The number of rotatable bonds is 9. The summed E-state index contributed by atoms with van der Waals surface area (Å²) in [7, 11) is 1.62. The molecule has 1 rings (SSSR count). The fraction of sp³-hybridized carbons (Fsp3) is 0.600. The van der Waals surface area contributed by atoms with Gasteiger partial charge in [0.25, 0.3) is 0 Å². The molecule has 0 aromatic carbocycles. The van der Waals surface area contributed by atoms with Crippen molar-refractivity contribution in [1.82, 2.24) is 20.4 Å². The van der Waals surface area contributed by atoms with Crippen LogP contribution in [-0.4, -0.2) is 54.0 Å². The number of hydrogen-bond acceptors (Lipinski definition) is 6. The number of ether oxygens (including phenoxy) is 1. The maximum atomic E-state index is 11.5. The van der Waals surface area contributed by atoms with Crippen LogP contribution in [0.4, 0.5) is 5.82 Å². The number of amides is 1. The molecule has 0 bridgehead atoms. The number of nitrogens with zero attached hydrogens (tertiary/aromatic N) is 3. The number of aromatic nitrogens is 2. The SMILES string of the molecule is COCCNCCNC(=O)Cn1ccc([N+](=O)[O-])n1.Cl. The Bertz CT molecular complexity index is 426. The van der Waals surface area contributed by atoms with E-state index in [1.165, 1.54) is 16.9 Å². The smallest absolute Gasteiger partial charge is 0.383 e. The lowest BCUT2D eigenvalue weighted by Gasteiger charge is -2.05. The van der Waals surface area contributed by atoms with Crippen molar-refractivity contribution in [2.75, 3.05) is 33.4 Å². The summed E-state index contributed by atoms with van der Waals surface area (Å²) in [6.07, 6.45) is 1.40. The normalized spacial score (nSPS) is 9.85. The number of methoxy groups -OCH3 is 1. The number of hydrogen-bond donors (Lipinski definition) is 2. The third-order valence-electron chi connectivity index (χ3n) is 2.23. The Morgan fingerprint density at radius 1 is 1.50 bits per heavy atom. The highest BCUT2D eigenvalue weighted by Crippen LogP contribution is 2.04. The first-order chi connectivity index (χ1) is 9.13. The van der Waals surface area contributed by atoms with Crippen molar-refractivity contribution < 1.29 is 14.5 Å². The van der Waals surface area contributed by atoms with Crippen LogP contribution in [0, 0.1) is 10.1 Å². The van der Waals surface area contributed by atoms with Gasteiger partial charge in [-0.25, -0.2) is 0 Å². The van der Waals surface area contributed by atoms with Crippen molar-refractivity contribution in [1.29, 1.82) is 0 Å². The predicted molar refractivity (Wildman–Crippen MR) is 73.9 cm³/mol. The highest BCUT2D eigenvalue weighted by Gasteiger charge is 2.12.